The van der Waals surface area contributed by atoms with Gasteiger partial charge in [0, 0.05) is 36.8 Å². The van der Waals surface area contributed by atoms with E-state index in [0.29, 0.717) is 0 Å². The second-order valence-corrected chi connectivity index (χ2v) is 9.04. The number of hydrogen-bond acceptors (Lipinski definition) is 6. The molecular formula is C16H21N3O6S. The molecule has 0 unspecified atom stereocenters. The van der Waals surface area contributed by atoms with Crippen LogP contribution >= 0.6 is 0 Å². The second kappa shape index (κ2) is 7.20. The first-order valence-electron chi connectivity index (χ1n) is 8.42. The summed E-state index contributed by atoms with van der Waals surface area (Å²) < 4.78 is 22.9. The summed E-state index contributed by atoms with van der Waals surface area (Å²) >= 11 is 0. The third-order valence-electron chi connectivity index (χ3n) is 4.89. The van der Waals surface area contributed by atoms with E-state index in [1.165, 1.54) is 17.2 Å². The van der Waals surface area contributed by atoms with Crippen LogP contribution in [-0.2, 0) is 14.6 Å². The number of aromatic nitrogens is 1. The molecule has 1 aliphatic carbocycles. The molecule has 1 saturated carbocycles. The van der Waals surface area contributed by atoms with Gasteiger partial charge in [-0.3, -0.25) is 14.4 Å². The first-order chi connectivity index (χ1) is 12.2. The van der Waals surface area contributed by atoms with Gasteiger partial charge in [-0.15, -0.1) is 0 Å². The Morgan fingerprint density at radius 1 is 1.23 bits per heavy atom. The van der Waals surface area contributed by atoms with E-state index in [0.717, 1.165) is 6.07 Å². The maximum atomic E-state index is 12.6. The SMILES string of the molecule is O=C(N[C@@H]1C[C@H](C(=O)N2CCS(=O)(=O)CC2)C[C@H]1O)c1cc[nH]c(=O)c1. The summed E-state index contributed by atoms with van der Waals surface area (Å²) in [5.74, 6) is -1.23. The minimum Gasteiger partial charge on any atom is -0.391 e. The molecule has 3 N–H and O–H groups in total. The number of rotatable bonds is 3. The van der Waals surface area contributed by atoms with E-state index in [-0.39, 0.29) is 48.9 Å². The van der Waals surface area contributed by atoms with Crippen molar-refractivity contribution in [3.63, 3.8) is 0 Å². The number of amides is 2. The Balaban J connectivity index is 1.60. The highest BCUT2D eigenvalue weighted by Crippen LogP contribution is 2.28. The second-order valence-electron chi connectivity index (χ2n) is 6.73. The monoisotopic (exact) mass is 383 g/mol. The predicted octanol–water partition coefficient (Wildman–Crippen LogP) is -1.50. The summed E-state index contributed by atoms with van der Waals surface area (Å²) in [6.07, 6.45) is 0.975. The quantitative estimate of drug-likeness (QED) is 0.581. The fourth-order valence-electron chi connectivity index (χ4n) is 3.40. The zero-order valence-corrected chi connectivity index (χ0v) is 14.9. The van der Waals surface area contributed by atoms with Crippen molar-refractivity contribution in [1.29, 1.82) is 0 Å². The van der Waals surface area contributed by atoms with E-state index in [4.69, 9.17) is 0 Å². The van der Waals surface area contributed by atoms with Gasteiger partial charge in [-0.2, -0.15) is 0 Å². The highest BCUT2D eigenvalue weighted by atomic mass is 32.2. The van der Waals surface area contributed by atoms with Crippen molar-refractivity contribution in [1.82, 2.24) is 15.2 Å². The van der Waals surface area contributed by atoms with Crippen molar-refractivity contribution >= 4 is 21.7 Å². The Kier molecular flexibility index (Phi) is 5.15. The maximum Gasteiger partial charge on any atom is 0.251 e. The van der Waals surface area contributed by atoms with Gasteiger partial charge >= 0.3 is 0 Å². The number of H-pyrrole nitrogens is 1. The predicted molar refractivity (Wildman–Crippen MR) is 92.3 cm³/mol. The van der Waals surface area contributed by atoms with Crippen molar-refractivity contribution in [2.45, 2.75) is 25.0 Å². The zero-order chi connectivity index (χ0) is 18.9. The van der Waals surface area contributed by atoms with Crippen LogP contribution in [0.1, 0.15) is 23.2 Å². The largest absolute Gasteiger partial charge is 0.391 e. The molecule has 0 aromatic carbocycles. The van der Waals surface area contributed by atoms with E-state index in [2.05, 4.69) is 10.3 Å². The molecule has 1 aromatic rings. The molecule has 0 bridgehead atoms. The van der Waals surface area contributed by atoms with Crippen molar-refractivity contribution in [2.75, 3.05) is 24.6 Å². The molecule has 26 heavy (non-hydrogen) atoms. The number of hydrogen-bond donors (Lipinski definition) is 3. The lowest BCUT2D eigenvalue weighted by atomic mass is 10.1. The molecule has 0 radical (unpaired) electrons. The van der Waals surface area contributed by atoms with Gasteiger partial charge in [-0.05, 0) is 18.9 Å². The molecule has 2 amide bonds. The third-order valence-corrected chi connectivity index (χ3v) is 6.50. The molecule has 3 atom stereocenters. The summed E-state index contributed by atoms with van der Waals surface area (Å²) in [7, 11) is -3.07. The van der Waals surface area contributed by atoms with Gasteiger partial charge in [-0.1, -0.05) is 0 Å². The highest BCUT2D eigenvalue weighted by Gasteiger charge is 2.40. The minimum atomic E-state index is -3.07. The number of carbonyl (C=O) groups excluding carboxylic acids is 2. The number of pyridine rings is 1. The zero-order valence-electron chi connectivity index (χ0n) is 14.1. The van der Waals surface area contributed by atoms with Crippen LogP contribution in [0.5, 0.6) is 0 Å². The Bertz CT molecular complexity index is 851. The summed E-state index contributed by atoms with van der Waals surface area (Å²) in [5, 5.41) is 12.9. The number of aromatic amines is 1. The fraction of sp³-hybridized carbons (Fsp3) is 0.562. The number of sulfone groups is 1. The Labute approximate surface area is 150 Å². The lowest BCUT2D eigenvalue weighted by Gasteiger charge is -2.29. The third kappa shape index (κ3) is 4.13. The molecule has 2 aliphatic rings. The number of aliphatic hydroxyl groups excluding tert-OH is 1. The van der Waals surface area contributed by atoms with Crippen LogP contribution in [0.2, 0.25) is 0 Å². The van der Waals surface area contributed by atoms with Gasteiger partial charge in [0.25, 0.3) is 5.91 Å². The number of carbonyl (C=O) groups is 2. The van der Waals surface area contributed by atoms with Crippen molar-refractivity contribution in [2.24, 2.45) is 5.92 Å². The lowest BCUT2D eigenvalue weighted by molar-refractivity contribution is -0.135. The molecule has 1 aromatic heterocycles. The molecule has 2 heterocycles. The van der Waals surface area contributed by atoms with Gasteiger partial charge in [0.1, 0.15) is 0 Å². The summed E-state index contributed by atoms with van der Waals surface area (Å²) in [6.45, 7) is 0.329. The van der Waals surface area contributed by atoms with Crippen LogP contribution < -0.4 is 10.9 Å². The van der Waals surface area contributed by atoms with Crippen LogP contribution in [0.3, 0.4) is 0 Å². The summed E-state index contributed by atoms with van der Waals surface area (Å²) in [6, 6.07) is 2.02. The Morgan fingerprint density at radius 3 is 2.58 bits per heavy atom. The molecule has 1 saturated heterocycles. The molecule has 1 aliphatic heterocycles. The van der Waals surface area contributed by atoms with Gasteiger partial charge in [0.15, 0.2) is 9.84 Å². The van der Waals surface area contributed by atoms with E-state index in [1.54, 1.807) is 0 Å². The Morgan fingerprint density at radius 2 is 1.92 bits per heavy atom. The minimum absolute atomic E-state index is 0.0449. The number of aliphatic hydroxyl groups is 1. The highest BCUT2D eigenvalue weighted by molar-refractivity contribution is 7.91. The van der Waals surface area contributed by atoms with E-state index >= 15 is 0 Å². The molecule has 3 rings (SSSR count). The van der Waals surface area contributed by atoms with Crippen LogP contribution in [0.15, 0.2) is 23.1 Å². The molecule has 2 fully saturated rings. The maximum absolute atomic E-state index is 12.6. The lowest BCUT2D eigenvalue weighted by Crippen LogP contribution is -2.46. The molecule has 142 valence electrons. The first kappa shape index (κ1) is 18.6. The number of nitrogens with one attached hydrogen (secondary N) is 2. The van der Waals surface area contributed by atoms with Gasteiger partial charge < -0.3 is 20.3 Å². The fourth-order valence-corrected chi connectivity index (χ4v) is 4.60. The number of nitrogens with zero attached hydrogens (tertiary/aromatic N) is 1. The van der Waals surface area contributed by atoms with E-state index in [9.17, 15) is 27.9 Å². The molecule has 10 heteroatoms. The van der Waals surface area contributed by atoms with Crippen LogP contribution in [0.4, 0.5) is 0 Å². The van der Waals surface area contributed by atoms with Gasteiger partial charge in [0.2, 0.25) is 11.5 Å². The topological polar surface area (TPSA) is 137 Å². The molecule has 9 nitrogen and oxygen atoms in total. The van der Waals surface area contributed by atoms with E-state index < -0.39 is 39.4 Å². The normalized spacial score (nSPS) is 27.9. The standard InChI is InChI=1S/C16H21N3O6S/c20-13-8-11(16(23)19-3-5-26(24,25)6-4-19)7-12(13)18-15(22)10-1-2-17-14(21)9-10/h1-2,9,11-13,20H,3-8H2,(H,17,21)(H,18,22)/t11-,12+,13+/m0/s1. The van der Waals surface area contributed by atoms with Crippen LogP contribution in [0, 0.1) is 5.92 Å². The van der Waals surface area contributed by atoms with E-state index in [1.807, 2.05) is 0 Å². The molecular weight excluding hydrogens is 362 g/mol. The van der Waals surface area contributed by atoms with Crippen molar-refractivity contribution < 1.29 is 23.1 Å². The summed E-state index contributed by atoms with van der Waals surface area (Å²) in [5.41, 5.74) is -0.227. The van der Waals surface area contributed by atoms with Crippen LogP contribution in [-0.4, -0.2) is 72.0 Å². The summed E-state index contributed by atoms with van der Waals surface area (Å²) in [4.78, 5) is 40.0. The Hall–Kier alpha value is -2.20. The molecule has 0 spiro atoms. The van der Waals surface area contributed by atoms with Crippen LogP contribution in [0.25, 0.3) is 0 Å². The first-order valence-corrected chi connectivity index (χ1v) is 10.2. The van der Waals surface area contributed by atoms with Crippen molar-refractivity contribution in [3.05, 3.63) is 34.2 Å². The van der Waals surface area contributed by atoms with Gasteiger partial charge in [-0.25, -0.2) is 8.42 Å². The van der Waals surface area contributed by atoms with Crippen molar-refractivity contribution in [3.8, 4) is 0 Å². The smallest absolute Gasteiger partial charge is 0.251 e. The average Bonchev–Trinajstić information content (AvgIpc) is 2.95. The van der Waals surface area contributed by atoms with Gasteiger partial charge in [0.05, 0.1) is 23.7 Å². The average molecular weight is 383 g/mol.